The minimum Gasteiger partial charge on any atom is -0.469 e. The lowest BCUT2D eigenvalue weighted by Gasteiger charge is -2.35. The summed E-state index contributed by atoms with van der Waals surface area (Å²) in [5, 5.41) is 10.0. The van der Waals surface area contributed by atoms with E-state index in [9.17, 15) is 4.79 Å². The Morgan fingerprint density at radius 1 is 0.623 bits per heavy atom. The summed E-state index contributed by atoms with van der Waals surface area (Å²) in [6.07, 6.45) is 22.2. The molecule has 5 aromatic rings. The first-order valence-electron chi connectivity index (χ1n) is 20.3. The molecule has 2 nitrogen and oxygen atoms in total. The predicted octanol–water partition coefficient (Wildman–Crippen LogP) is 10.7. The van der Waals surface area contributed by atoms with Gasteiger partial charge in [0.1, 0.15) is 0 Å². The van der Waals surface area contributed by atoms with Gasteiger partial charge in [0, 0.05) is 46.3 Å². The first kappa shape index (κ1) is 24.9. The van der Waals surface area contributed by atoms with Crippen LogP contribution in [0.2, 0.25) is 0 Å². The Hall–Kier alpha value is -5.21. The third-order valence-corrected chi connectivity index (χ3v) is 17.9. The van der Waals surface area contributed by atoms with Crippen molar-refractivity contribution >= 4 is 71.7 Å². The van der Waals surface area contributed by atoms with Crippen molar-refractivity contribution in [3.8, 4) is 0 Å². The molecule has 5 atom stereocenters. The van der Waals surface area contributed by atoms with E-state index in [1.165, 1.54) is 5.56 Å². The highest BCUT2D eigenvalue weighted by Gasteiger charge is 2.90. The molecule has 13 aliphatic carbocycles. The van der Waals surface area contributed by atoms with Crippen molar-refractivity contribution < 1.29 is 9.53 Å². The summed E-state index contributed by atoms with van der Waals surface area (Å²) < 4.78 is 5.27. The molecular formula is C51H30O2. The number of ether oxygens (including phenoxy) is 1. The van der Waals surface area contributed by atoms with Crippen LogP contribution in [0, 0.1) is 17.3 Å². The number of hydrogen-bond acceptors (Lipinski definition) is 2. The normalized spacial score (nSPS) is 34.7. The molecule has 0 aliphatic heterocycles. The second-order valence-electron chi connectivity index (χ2n) is 19.0. The van der Waals surface area contributed by atoms with E-state index in [2.05, 4.69) is 66.8 Å². The average molecular weight is 675 g/mol. The Bertz CT molecular complexity index is 3120. The minimum atomic E-state index is -0.177. The molecule has 0 heterocycles. The van der Waals surface area contributed by atoms with E-state index in [0.29, 0.717) is 30.1 Å². The number of carbonyl (C=O) groups is 1. The van der Waals surface area contributed by atoms with Gasteiger partial charge in [0.15, 0.2) is 0 Å². The van der Waals surface area contributed by atoms with Crippen LogP contribution in [0.5, 0.6) is 0 Å². The lowest BCUT2D eigenvalue weighted by molar-refractivity contribution is -0.140. The third-order valence-electron chi connectivity index (χ3n) is 17.9. The van der Waals surface area contributed by atoms with Crippen LogP contribution >= 0.6 is 0 Å². The first-order chi connectivity index (χ1) is 26.1. The van der Waals surface area contributed by atoms with Crippen LogP contribution in [0.1, 0.15) is 123 Å². The largest absolute Gasteiger partial charge is 0.469 e. The zero-order valence-corrected chi connectivity index (χ0v) is 29.2. The van der Waals surface area contributed by atoms with Gasteiger partial charge in [-0.15, -0.1) is 0 Å². The number of rotatable bonds is 5. The number of allylic oxidation sites excluding steroid dienone is 12. The van der Waals surface area contributed by atoms with Crippen molar-refractivity contribution in [2.75, 3.05) is 7.11 Å². The summed E-state index contributed by atoms with van der Waals surface area (Å²) in [5.41, 5.74) is 30.7. The van der Waals surface area contributed by atoms with E-state index in [0.717, 1.165) is 32.1 Å². The van der Waals surface area contributed by atoms with E-state index in [1.54, 1.807) is 140 Å². The van der Waals surface area contributed by atoms with Gasteiger partial charge in [0.2, 0.25) is 0 Å². The summed E-state index contributed by atoms with van der Waals surface area (Å²) >= 11 is 0. The van der Waals surface area contributed by atoms with Crippen LogP contribution in [0.15, 0.2) is 66.8 Å². The lowest BCUT2D eigenvalue weighted by Crippen LogP contribution is -2.27. The molecule has 1 saturated carbocycles. The minimum absolute atomic E-state index is 0.0877. The molecular weight excluding hydrogens is 645 g/mol. The fourth-order valence-corrected chi connectivity index (χ4v) is 17.3. The molecule has 0 saturated heterocycles. The van der Waals surface area contributed by atoms with Crippen LogP contribution in [-0.4, -0.2) is 13.1 Å². The van der Waals surface area contributed by atoms with Crippen molar-refractivity contribution in [1.29, 1.82) is 0 Å². The van der Waals surface area contributed by atoms with Crippen molar-refractivity contribution in [2.24, 2.45) is 17.3 Å². The standard InChI is InChI=1S/C51H30O2/c1-53-28(52)8-5-9-50(27-6-3-2-4-7-27)49-17-25-15-23-13-21-11-19-10-20-12-22-14-24-16-26(18-49)36-32(24)40-34(22)38-30(20)29(19)37-33(21)39-31(23)35(25)47-45-43(39)41(37)42(38)44(40)46(45)48(36)51(47,49)50/h2-4,6-7,11-14,17-18,21-22,33-34H,5,8-10,15-16H2,1H3. The van der Waals surface area contributed by atoms with Gasteiger partial charge in [0.25, 0.3) is 0 Å². The number of carbonyl (C=O) groups excluding carboxylic acids is 1. The van der Waals surface area contributed by atoms with Crippen LogP contribution in [-0.2, 0) is 20.4 Å². The van der Waals surface area contributed by atoms with Gasteiger partial charge in [-0.05, 0) is 170 Å². The molecule has 0 radical (unpaired) electrons. The number of esters is 1. The second kappa shape index (κ2) is 6.72. The Morgan fingerprint density at radius 3 is 1.60 bits per heavy atom. The van der Waals surface area contributed by atoms with Crippen molar-refractivity contribution in [2.45, 2.75) is 61.2 Å². The van der Waals surface area contributed by atoms with Crippen LogP contribution in [0.25, 0.3) is 65.8 Å². The molecule has 0 bridgehead atoms. The third kappa shape index (κ3) is 1.86. The summed E-state index contributed by atoms with van der Waals surface area (Å²) in [6.45, 7) is 0. The number of methoxy groups -OCH3 is 1. The van der Waals surface area contributed by atoms with E-state index in [1.807, 2.05) is 0 Å². The highest BCUT2D eigenvalue weighted by molar-refractivity contribution is 6.40. The smallest absolute Gasteiger partial charge is 0.305 e. The van der Waals surface area contributed by atoms with Gasteiger partial charge >= 0.3 is 5.97 Å². The summed E-state index contributed by atoms with van der Waals surface area (Å²) in [7, 11) is 1.55. The molecule has 5 aromatic carbocycles. The van der Waals surface area contributed by atoms with Crippen molar-refractivity contribution in [1.82, 2.24) is 0 Å². The van der Waals surface area contributed by atoms with E-state index >= 15 is 0 Å². The summed E-state index contributed by atoms with van der Waals surface area (Å²) in [6, 6.07) is 11.6. The molecule has 13 aliphatic rings. The number of benzene rings is 5. The average Bonchev–Trinajstić information content (AvgIpc) is 3.88. The van der Waals surface area contributed by atoms with Crippen LogP contribution in [0.3, 0.4) is 0 Å². The van der Waals surface area contributed by atoms with Gasteiger partial charge in [-0.3, -0.25) is 4.79 Å². The molecule has 5 unspecified atom stereocenters. The Balaban J connectivity index is 1.14. The molecule has 0 N–H and O–H groups in total. The number of hydrogen-bond donors (Lipinski definition) is 0. The maximum absolute atomic E-state index is 12.8. The lowest BCUT2D eigenvalue weighted by atomic mass is 9.67. The maximum atomic E-state index is 12.8. The second-order valence-corrected chi connectivity index (χ2v) is 19.0. The monoisotopic (exact) mass is 674 g/mol. The first-order valence-corrected chi connectivity index (χ1v) is 20.3. The molecule has 246 valence electrons. The SMILES string of the molecule is COC(=O)CCCC1(c2ccccc2)C23C=C4CC5=CC6C=C7CC8=CC9C=C%10CC(=C2)c2c%10c%10c%11c%12c(c8c7c7c%12c8c(c5c4c4c8c%11c2C431)C76)C%109. The molecule has 2 heteroatoms. The van der Waals surface area contributed by atoms with E-state index in [-0.39, 0.29) is 22.2 Å². The van der Waals surface area contributed by atoms with Gasteiger partial charge in [-0.25, -0.2) is 0 Å². The molecule has 0 amide bonds. The van der Waals surface area contributed by atoms with Gasteiger partial charge in [0.05, 0.1) is 7.11 Å². The fraction of sp³-hybridized carbons (Fsp3) is 0.275. The summed E-state index contributed by atoms with van der Waals surface area (Å²) in [5.74, 6) is 1.71. The summed E-state index contributed by atoms with van der Waals surface area (Å²) in [4.78, 5) is 12.8. The molecule has 18 rings (SSSR count). The van der Waals surface area contributed by atoms with Gasteiger partial charge in [-0.2, -0.15) is 0 Å². The molecule has 0 aromatic heterocycles. The maximum Gasteiger partial charge on any atom is 0.305 e. The Morgan fingerprint density at radius 2 is 1.09 bits per heavy atom. The molecule has 1 fully saturated rings. The Kier molecular flexibility index (Phi) is 3.16. The molecule has 53 heavy (non-hydrogen) atoms. The van der Waals surface area contributed by atoms with Crippen molar-refractivity contribution in [3.05, 3.63) is 139 Å². The zero-order valence-electron chi connectivity index (χ0n) is 29.2. The topological polar surface area (TPSA) is 26.3 Å². The fourth-order valence-electron chi connectivity index (χ4n) is 17.3. The Labute approximate surface area is 304 Å². The highest BCUT2D eigenvalue weighted by Crippen LogP contribution is 2.93. The van der Waals surface area contributed by atoms with Gasteiger partial charge < -0.3 is 4.74 Å². The molecule has 1 spiro atoms. The van der Waals surface area contributed by atoms with Crippen molar-refractivity contribution in [3.63, 3.8) is 0 Å². The zero-order chi connectivity index (χ0) is 33.5. The van der Waals surface area contributed by atoms with Crippen LogP contribution in [0.4, 0.5) is 0 Å². The van der Waals surface area contributed by atoms with E-state index < -0.39 is 0 Å². The van der Waals surface area contributed by atoms with Gasteiger partial charge in [-0.1, -0.05) is 66.8 Å². The van der Waals surface area contributed by atoms with E-state index in [4.69, 9.17) is 4.74 Å². The van der Waals surface area contributed by atoms with Crippen LogP contribution < -0.4 is 0 Å². The predicted molar refractivity (Wildman–Crippen MR) is 209 cm³/mol. The highest BCUT2D eigenvalue weighted by atomic mass is 16.5. The quantitative estimate of drug-likeness (QED) is 0.137.